The molecule has 0 radical (unpaired) electrons. The van der Waals surface area contributed by atoms with Crippen LogP contribution in [0, 0.1) is 0 Å². The highest BCUT2D eigenvalue weighted by Gasteiger charge is 2.26. The van der Waals surface area contributed by atoms with Crippen LogP contribution >= 0.6 is 0 Å². The molecule has 1 rings (SSSR count). The lowest BCUT2D eigenvalue weighted by Gasteiger charge is -2.15. The minimum Gasteiger partial charge on any atom is -0.493 e. The van der Waals surface area contributed by atoms with Crippen LogP contribution in [-0.4, -0.2) is 17.9 Å². The van der Waals surface area contributed by atoms with E-state index in [9.17, 15) is 18.3 Å². The van der Waals surface area contributed by atoms with E-state index >= 15 is 0 Å². The Labute approximate surface area is 104 Å². The molecule has 0 aliphatic rings. The molecule has 5 heteroatoms. The van der Waals surface area contributed by atoms with E-state index in [1.54, 1.807) is 24.3 Å². The molecule has 0 heterocycles. The number of rotatable bonds is 6. The predicted octanol–water partition coefficient (Wildman–Crippen LogP) is 3.85. The molecule has 0 unspecified atom stereocenters. The van der Waals surface area contributed by atoms with Crippen molar-refractivity contribution in [1.29, 1.82) is 0 Å². The second-order valence-electron chi connectivity index (χ2n) is 4.03. The van der Waals surface area contributed by atoms with E-state index in [4.69, 9.17) is 4.74 Å². The molecular formula is C13H17F3O2. The van der Waals surface area contributed by atoms with Gasteiger partial charge in [-0.15, -0.1) is 0 Å². The summed E-state index contributed by atoms with van der Waals surface area (Å²) in [5.74, 6) is 0.453. The third-order valence-corrected chi connectivity index (χ3v) is 2.53. The van der Waals surface area contributed by atoms with Gasteiger partial charge in [0.15, 0.2) is 0 Å². The number of alkyl halides is 3. The van der Waals surface area contributed by atoms with Crippen molar-refractivity contribution in [3.63, 3.8) is 0 Å². The second-order valence-corrected chi connectivity index (χ2v) is 4.03. The standard InChI is InChI=1S/C13H17F3O2/c1-2-11(17)10-6-3-4-7-12(10)18-9-5-8-13(14,15)16/h3-4,6-7,11,17H,2,5,8-9H2,1H3/t11-/m0/s1. The molecular weight excluding hydrogens is 245 g/mol. The molecule has 1 aromatic rings. The van der Waals surface area contributed by atoms with Gasteiger partial charge in [-0.1, -0.05) is 25.1 Å². The maximum absolute atomic E-state index is 11.9. The highest BCUT2D eigenvalue weighted by atomic mass is 19.4. The highest BCUT2D eigenvalue weighted by Crippen LogP contribution is 2.27. The summed E-state index contributed by atoms with van der Waals surface area (Å²) in [4.78, 5) is 0. The molecule has 0 aromatic heterocycles. The molecule has 18 heavy (non-hydrogen) atoms. The lowest BCUT2D eigenvalue weighted by atomic mass is 10.1. The van der Waals surface area contributed by atoms with Gasteiger partial charge in [-0.2, -0.15) is 13.2 Å². The molecule has 0 bridgehead atoms. The van der Waals surface area contributed by atoms with Gasteiger partial charge >= 0.3 is 6.18 Å². The number of aliphatic hydroxyl groups is 1. The highest BCUT2D eigenvalue weighted by molar-refractivity contribution is 5.34. The minimum atomic E-state index is -4.15. The maximum Gasteiger partial charge on any atom is 0.389 e. The van der Waals surface area contributed by atoms with Crippen molar-refractivity contribution in [2.75, 3.05) is 6.61 Å². The van der Waals surface area contributed by atoms with Crippen LogP contribution in [0.4, 0.5) is 13.2 Å². The number of aliphatic hydroxyl groups excluding tert-OH is 1. The number of hydrogen-bond donors (Lipinski definition) is 1. The van der Waals surface area contributed by atoms with Gasteiger partial charge in [0.1, 0.15) is 5.75 Å². The molecule has 2 nitrogen and oxygen atoms in total. The third-order valence-electron chi connectivity index (χ3n) is 2.53. The number of para-hydroxylation sites is 1. The predicted molar refractivity (Wildman–Crippen MR) is 62.5 cm³/mol. The zero-order valence-corrected chi connectivity index (χ0v) is 10.2. The first kappa shape index (κ1) is 14.8. The summed E-state index contributed by atoms with van der Waals surface area (Å²) < 4.78 is 41.1. The van der Waals surface area contributed by atoms with Crippen molar-refractivity contribution in [2.45, 2.75) is 38.5 Å². The Morgan fingerprint density at radius 3 is 2.56 bits per heavy atom. The van der Waals surface area contributed by atoms with E-state index in [1.807, 2.05) is 6.92 Å². The summed E-state index contributed by atoms with van der Waals surface area (Å²) in [6.45, 7) is 1.82. The molecule has 1 aromatic carbocycles. The fourth-order valence-electron chi connectivity index (χ4n) is 1.56. The first-order valence-corrected chi connectivity index (χ1v) is 5.90. The van der Waals surface area contributed by atoms with Gasteiger partial charge in [0.05, 0.1) is 12.7 Å². The average molecular weight is 262 g/mol. The molecule has 102 valence electrons. The largest absolute Gasteiger partial charge is 0.493 e. The van der Waals surface area contributed by atoms with Crippen molar-refractivity contribution in [3.8, 4) is 5.75 Å². The smallest absolute Gasteiger partial charge is 0.389 e. The molecule has 0 spiro atoms. The van der Waals surface area contributed by atoms with Crippen LogP contribution in [0.3, 0.4) is 0 Å². The third kappa shape index (κ3) is 4.96. The van der Waals surface area contributed by atoms with E-state index in [0.717, 1.165) is 0 Å². The molecule has 1 atom stereocenters. The minimum absolute atomic E-state index is 0.00699. The zero-order chi connectivity index (χ0) is 13.6. The summed E-state index contributed by atoms with van der Waals surface area (Å²) in [7, 11) is 0. The fraction of sp³-hybridized carbons (Fsp3) is 0.538. The molecule has 0 saturated carbocycles. The topological polar surface area (TPSA) is 29.5 Å². The summed E-state index contributed by atoms with van der Waals surface area (Å²) in [5, 5.41) is 9.74. The van der Waals surface area contributed by atoms with E-state index in [1.165, 1.54) is 0 Å². The quantitative estimate of drug-likeness (QED) is 0.789. The zero-order valence-electron chi connectivity index (χ0n) is 10.2. The number of ether oxygens (including phenoxy) is 1. The van der Waals surface area contributed by atoms with Crippen molar-refractivity contribution in [2.24, 2.45) is 0 Å². The summed E-state index contributed by atoms with van der Waals surface area (Å²) in [5.41, 5.74) is 0.618. The van der Waals surface area contributed by atoms with Crippen LogP contribution in [0.1, 0.15) is 37.9 Å². The van der Waals surface area contributed by atoms with Gasteiger partial charge in [-0.25, -0.2) is 0 Å². The van der Waals surface area contributed by atoms with Crippen LogP contribution < -0.4 is 4.74 Å². The fourth-order valence-corrected chi connectivity index (χ4v) is 1.56. The Bertz CT molecular complexity index is 363. The number of hydrogen-bond acceptors (Lipinski definition) is 2. The van der Waals surface area contributed by atoms with Crippen LogP contribution in [0.25, 0.3) is 0 Å². The second kappa shape index (κ2) is 6.64. The normalized spacial score (nSPS) is 13.4. The lowest BCUT2D eigenvalue weighted by molar-refractivity contribution is -0.136. The average Bonchev–Trinajstić information content (AvgIpc) is 2.33. The van der Waals surface area contributed by atoms with Gasteiger partial charge in [-0.05, 0) is 18.9 Å². The van der Waals surface area contributed by atoms with E-state index in [-0.39, 0.29) is 13.0 Å². The lowest BCUT2D eigenvalue weighted by Crippen LogP contribution is -2.10. The van der Waals surface area contributed by atoms with Crippen molar-refractivity contribution in [1.82, 2.24) is 0 Å². The van der Waals surface area contributed by atoms with Gasteiger partial charge < -0.3 is 9.84 Å². The molecule has 0 aliphatic heterocycles. The molecule has 0 fully saturated rings. The van der Waals surface area contributed by atoms with Crippen LogP contribution in [0.15, 0.2) is 24.3 Å². The molecule has 0 saturated heterocycles. The van der Waals surface area contributed by atoms with Crippen LogP contribution in [0.5, 0.6) is 5.75 Å². The first-order chi connectivity index (χ1) is 8.44. The van der Waals surface area contributed by atoms with Crippen molar-refractivity contribution in [3.05, 3.63) is 29.8 Å². The van der Waals surface area contributed by atoms with E-state index in [0.29, 0.717) is 17.7 Å². The van der Waals surface area contributed by atoms with Crippen LogP contribution in [0.2, 0.25) is 0 Å². The monoisotopic (exact) mass is 262 g/mol. The van der Waals surface area contributed by atoms with E-state index < -0.39 is 18.7 Å². The van der Waals surface area contributed by atoms with Gasteiger partial charge in [-0.3, -0.25) is 0 Å². The Morgan fingerprint density at radius 2 is 1.94 bits per heavy atom. The van der Waals surface area contributed by atoms with Crippen LogP contribution in [-0.2, 0) is 0 Å². The van der Waals surface area contributed by atoms with Gasteiger partial charge in [0.25, 0.3) is 0 Å². The SMILES string of the molecule is CC[C@H](O)c1ccccc1OCCCC(F)(F)F. The van der Waals surface area contributed by atoms with Crippen molar-refractivity contribution >= 4 is 0 Å². The number of halogens is 3. The summed E-state index contributed by atoms with van der Waals surface area (Å²) in [6.07, 6.45) is -5.20. The van der Waals surface area contributed by atoms with E-state index in [2.05, 4.69) is 0 Å². The Kier molecular flexibility index (Phi) is 5.47. The summed E-state index contributed by atoms with van der Waals surface area (Å²) >= 11 is 0. The van der Waals surface area contributed by atoms with Gasteiger partial charge in [0, 0.05) is 12.0 Å². The van der Waals surface area contributed by atoms with Gasteiger partial charge in [0.2, 0.25) is 0 Å². The summed E-state index contributed by atoms with van der Waals surface area (Å²) in [6, 6.07) is 6.86. The Balaban J connectivity index is 2.52. The first-order valence-electron chi connectivity index (χ1n) is 5.90. The Morgan fingerprint density at radius 1 is 1.28 bits per heavy atom. The molecule has 1 N–H and O–H groups in total. The Hall–Kier alpha value is -1.23. The maximum atomic E-state index is 11.9. The number of benzene rings is 1. The molecule has 0 amide bonds. The molecule has 0 aliphatic carbocycles. The van der Waals surface area contributed by atoms with Crippen molar-refractivity contribution < 1.29 is 23.0 Å².